The number of quaternary nitrogens is 1. The van der Waals surface area contributed by atoms with E-state index in [0.29, 0.717) is 29.4 Å². The summed E-state index contributed by atoms with van der Waals surface area (Å²) in [6.45, 7) is 1.46. The van der Waals surface area contributed by atoms with Crippen LogP contribution in [-0.2, 0) is 13.1 Å². The van der Waals surface area contributed by atoms with Crippen LogP contribution in [0.4, 0.5) is 0 Å². The molecule has 0 saturated heterocycles. The summed E-state index contributed by atoms with van der Waals surface area (Å²) in [6, 6.07) is 13.0. The van der Waals surface area contributed by atoms with Crippen LogP contribution in [-0.4, -0.2) is 28.4 Å². The van der Waals surface area contributed by atoms with Crippen LogP contribution in [0.15, 0.2) is 51.7 Å². The molecule has 2 aromatic carbocycles. The van der Waals surface area contributed by atoms with E-state index in [-0.39, 0.29) is 5.63 Å². The third kappa shape index (κ3) is 4.23. The number of rotatable bonds is 7. The largest absolute Gasteiger partial charge is 0.497 e. The summed E-state index contributed by atoms with van der Waals surface area (Å²) in [5.74, 6) is 2.08. The lowest BCUT2D eigenvalue weighted by Crippen LogP contribution is -3.06. The Morgan fingerprint density at radius 3 is 2.37 bits per heavy atom. The Balaban J connectivity index is 1.84. The van der Waals surface area contributed by atoms with Gasteiger partial charge in [-0.05, 0) is 30.3 Å². The Morgan fingerprint density at radius 2 is 1.67 bits per heavy atom. The maximum atomic E-state index is 12.0. The van der Waals surface area contributed by atoms with Crippen molar-refractivity contribution in [3.63, 3.8) is 0 Å². The molecule has 0 fully saturated rings. The first-order chi connectivity index (χ1) is 13.0. The summed E-state index contributed by atoms with van der Waals surface area (Å²) < 4.78 is 21.2. The van der Waals surface area contributed by atoms with E-state index in [1.54, 1.807) is 33.5 Å². The van der Waals surface area contributed by atoms with Crippen LogP contribution < -0.4 is 24.7 Å². The lowest BCUT2D eigenvalue weighted by molar-refractivity contribution is -0.907. The number of ether oxygens (including phenoxy) is 3. The van der Waals surface area contributed by atoms with E-state index in [4.69, 9.17) is 18.6 Å². The SMILES string of the molecule is COc1ccc2c(C[NH+](C)Cc3ccc(OC)c(OC)c3)cc(=O)oc2c1. The maximum absolute atomic E-state index is 12.0. The fourth-order valence-corrected chi connectivity index (χ4v) is 3.21. The molecule has 3 rings (SSSR count). The van der Waals surface area contributed by atoms with Gasteiger partial charge in [-0.2, -0.15) is 0 Å². The third-order valence-electron chi connectivity index (χ3n) is 4.48. The van der Waals surface area contributed by atoms with Gasteiger partial charge in [-0.3, -0.25) is 0 Å². The van der Waals surface area contributed by atoms with Gasteiger partial charge in [0.25, 0.3) is 0 Å². The molecule has 0 bridgehead atoms. The number of methoxy groups -OCH3 is 3. The predicted octanol–water partition coefficient (Wildman–Crippen LogP) is 2.03. The van der Waals surface area contributed by atoms with Gasteiger partial charge < -0.3 is 23.5 Å². The summed E-state index contributed by atoms with van der Waals surface area (Å²) in [7, 11) is 6.92. The van der Waals surface area contributed by atoms with Crippen molar-refractivity contribution in [1.82, 2.24) is 0 Å². The van der Waals surface area contributed by atoms with Crippen molar-refractivity contribution >= 4 is 11.0 Å². The second-order valence-corrected chi connectivity index (χ2v) is 6.45. The van der Waals surface area contributed by atoms with E-state index in [1.165, 1.54) is 4.90 Å². The van der Waals surface area contributed by atoms with Gasteiger partial charge in [-0.15, -0.1) is 0 Å². The van der Waals surface area contributed by atoms with E-state index in [1.807, 2.05) is 30.3 Å². The molecule has 1 unspecified atom stereocenters. The van der Waals surface area contributed by atoms with Gasteiger partial charge in [0.05, 0.1) is 28.4 Å². The average molecular weight is 370 g/mol. The first kappa shape index (κ1) is 18.8. The highest BCUT2D eigenvalue weighted by atomic mass is 16.5. The Morgan fingerprint density at radius 1 is 0.889 bits per heavy atom. The molecular formula is C21H24NO5+. The highest BCUT2D eigenvalue weighted by molar-refractivity contribution is 5.81. The molecule has 0 aliphatic heterocycles. The van der Waals surface area contributed by atoms with Crippen molar-refractivity contribution in [3.8, 4) is 17.2 Å². The molecule has 27 heavy (non-hydrogen) atoms. The van der Waals surface area contributed by atoms with Gasteiger partial charge in [0.2, 0.25) is 0 Å². The van der Waals surface area contributed by atoms with Gasteiger partial charge >= 0.3 is 5.63 Å². The minimum atomic E-state index is -0.357. The molecule has 142 valence electrons. The minimum absolute atomic E-state index is 0.357. The number of benzene rings is 2. The summed E-state index contributed by atoms with van der Waals surface area (Å²) in [5, 5.41) is 0.919. The second kappa shape index (κ2) is 8.14. The monoisotopic (exact) mass is 370 g/mol. The molecule has 0 amide bonds. The van der Waals surface area contributed by atoms with Crippen LogP contribution in [0.5, 0.6) is 17.2 Å². The van der Waals surface area contributed by atoms with Crippen molar-refractivity contribution in [2.45, 2.75) is 13.1 Å². The number of hydrogen-bond acceptors (Lipinski definition) is 5. The van der Waals surface area contributed by atoms with E-state index in [0.717, 1.165) is 23.1 Å². The van der Waals surface area contributed by atoms with Crippen LogP contribution >= 0.6 is 0 Å². The Labute approximate surface area is 157 Å². The number of fused-ring (bicyclic) bond motifs is 1. The summed E-state index contributed by atoms with van der Waals surface area (Å²) in [5.41, 5.74) is 2.25. The zero-order chi connectivity index (χ0) is 19.4. The number of hydrogen-bond donors (Lipinski definition) is 1. The van der Waals surface area contributed by atoms with E-state index in [9.17, 15) is 4.79 Å². The summed E-state index contributed by atoms with van der Waals surface area (Å²) >= 11 is 0. The van der Waals surface area contributed by atoms with Crippen molar-refractivity contribution < 1.29 is 23.5 Å². The topological polar surface area (TPSA) is 62.3 Å². The normalized spacial score (nSPS) is 12.0. The second-order valence-electron chi connectivity index (χ2n) is 6.45. The molecule has 6 heteroatoms. The standard InChI is InChI=1S/C21H23NO5/c1-22(12-14-5-8-18(25-3)20(9-14)26-4)13-15-10-21(23)27-19-11-16(24-2)6-7-17(15)19/h5-11H,12-13H2,1-4H3/p+1. The molecule has 0 aliphatic rings. The van der Waals surface area contributed by atoms with Crippen LogP contribution in [0.1, 0.15) is 11.1 Å². The predicted molar refractivity (Wildman–Crippen MR) is 103 cm³/mol. The van der Waals surface area contributed by atoms with Gasteiger partial charge in [0.15, 0.2) is 11.5 Å². The molecular weight excluding hydrogens is 346 g/mol. The number of nitrogens with one attached hydrogen (secondary N) is 1. The lowest BCUT2D eigenvalue weighted by atomic mass is 10.1. The first-order valence-electron chi connectivity index (χ1n) is 8.67. The molecule has 1 aromatic heterocycles. The molecule has 0 spiro atoms. The van der Waals surface area contributed by atoms with Gasteiger partial charge in [-0.25, -0.2) is 4.79 Å². The average Bonchev–Trinajstić information content (AvgIpc) is 2.67. The summed E-state index contributed by atoms with van der Waals surface area (Å²) in [4.78, 5) is 13.2. The Bertz CT molecular complexity index is 996. The Kier molecular flexibility index (Phi) is 5.66. The zero-order valence-corrected chi connectivity index (χ0v) is 16.0. The molecule has 1 heterocycles. The Hall–Kier alpha value is -2.99. The minimum Gasteiger partial charge on any atom is -0.497 e. The van der Waals surface area contributed by atoms with Crippen LogP contribution in [0.25, 0.3) is 11.0 Å². The molecule has 0 radical (unpaired) electrons. The first-order valence-corrected chi connectivity index (χ1v) is 8.67. The van der Waals surface area contributed by atoms with Gasteiger partial charge in [0.1, 0.15) is 24.4 Å². The van der Waals surface area contributed by atoms with Crippen LogP contribution in [0, 0.1) is 0 Å². The molecule has 1 N–H and O–H groups in total. The van der Waals surface area contributed by atoms with Crippen molar-refractivity contribution in [2.75, 3.05) is 28.4 Å². The molecule has 6 nitrogen and oxygen atoms in total. The molecule has 0 aliphatic carbocycles. The van der Waals surface area contributed by atoms with Crippen molar-refractivity contribution in [1.29, 1.82) is 0 Å². The molecule has 0 saturated carbocycles. The molecule has 3 aromatic rings. The smallest absolute Gasteiger partial charge is 0.336 e. The highest BCUT2D eigenvalue weighted by Gasteiger charge is 2.13. The van der Waals surface area contributed by atoms with E-state index < -0.39 is 0 Å². The highest BCUT2D eigenvalue weighted by Crippen LogP contribution is 2.27. The molecule has 1 atom stereocenters. The fourth-order valence-electron chi connectivity index (χ4n) is 3.21. The zero-order valence-electron chi connectivity index (χ0n) is 16.0. The van der Waals surface area contributed by atoms with E-state index in [2.05, 4.69) is 7.05 Å². The van der Waals surface area contributed by atoms with Gasteiger partial charge in [0, 0.05) is 28.6 Å². The van der Waals surface area contributed by atoms with Crippen LogP contribution in [0.3, 0.4) is 0 Å². The maximum Gasteiger partial charge on any atom is 0.336 e. The van der Waals surface area contributed by atoms with Gasteiger partial charge in [-0.1, -0.05) is 0 Å². The quantitative estimate of drug-likeness (QED) is 0.645. The third-order valence-corrected chi connectivity index (χ3v) is 4.48. The summed E-state index contributed by atoms with van der Waals surface area (Å²) in [6.07, 6.45) is 0. The van der Waals surface area contributed by atoms with E-state index >= 15 is 0 Å². The van der Waals surface area contributed by atoms with Crippen molar-refractivity contribution in [3.05, 3.63) is 64.0 Å². The van der Waals surface area contributed by atoms with Crippen LogP contribution in [0.2, 0.25) is 0 Å². The lowest BCUT2D eigenvalue weighted by Gasteiger charge is -2.16. The van der Waals surface area contributed by atoms with Crippen molar-refractivity contribution in [2.24, 2.45) is 0 Å². The fraction of sp³-hybridized carbons (Fsp3) is 0.286.